The lowest BCUT2D eigenvalue weighted by Crippen LogP contribution is -2.56. The van der Waals surface area contributed by atoms with E-state index in [1.165, 1.54) is 29.6 Å². The number of alkyl carbamates (subject to hydrolysis) is 2. The summed E-state index contributed by atoms with van der Waals surface area (Å²) in [7, 11) is 1.37. The van der Waals surface area contributed by atoms with Crippen molar-refractivity contribution < 1.29 is 48.1 Å². The van der Waals surface area contributed by atoms with Gasteiger partial charge in [-0.15, -0.1) is 0 Å². The summed E-state index contributed by atoms with van der Waals surface area (Å²) in [5.74, 6) is -2.50. The number of ether oxygens (including phenoxy) is 3. The largest absolute Gasteiger partial charge is 0.480 e. The molecule has 4 aromatic rings. The van der Waals surface area contributed by atoms with Gasteiger partial charge in [0.1, 0.15) is 33.9 Å². The van der Waals surface area contributed by atoms with E-state index in [0.717, 1.165) is 25.4 Å². The monoisotopic (exact) mass is 1070 g/mol. The highest BCUT2D eigenvalue weighted by Gasteiger charge is 2.35. The maximum absolute atomic E-state index is 14.7. The van der Waals surface area contributed by atoms with E-state index in [2.05, 4.69) is 42.2 Å². The highest BCUT2D eigenvalue weighted by atomic mass is 79.9. The zero-order chi connectivity index (χ0) is 52.7. The quantitative estimate of drug-likeness (QED) is 0.0320. The molecule has 0 radical (unpaired) electrons. The highest BCUT2D eigenvalue weighted by Crippen LogP contribution is 2.34. The average molecular weight is 1070 g/mol. The number of carboxylic acid groups (broad SMARTS) is 1. The molecule has 7 N–H and O–H groups in total. The Labute approximate surface area is 429 Å². The van der Waals surface area contributed by atoms with E-state index in [9.17, 15) is 33.9 Å². The van der Waals surface area contributed by atoms with Crippen molar-refractivity contribution in [2.45, 2.75) is 159 Å². The summed E-state index contributed by atoms with van der Waals surface area (Å²) in [5.41, 5.74) is 6.57. The zero-order valence-electron chi connectivity index (χ0n) is 42.5. The fraction of sp³-hybridized carbons (Fsp3) is 0.510. The Kier molecular flexibility index (Phi) is 21.3. The number of amides is 4. The predicted molar refractivity (Wildman–Crippen MR) is 276 cm³/mol. The molecule has 0 saturated carbocycles. The van der Waals surface area contributed by atoms with Gasteiger partial charge < -0.3 is 51.2 Å². The minimum absolute atomic E-state index is 0.0849. The van der Waals surface area contributed by atoms with Crippen LogP contribution < -0.4 is 27.0 Å². The van der Waals surface area contributed by atoms with Gasteiger partial charge in [0.2, 0.25) is 11.8 Å². The third-order valence-electron chi connectivity index (χ3n) is 10.6. The molecule has 4 rings (SSSR count). The molecule has 3 atom stereocenters. The number of aromatic nitrogens is 2. The van der Waals surface area contributed by atoms with Crippen LogP contribution in [-0.4, -0.2) is 111 Å². The van der Waals surface area contributed by atoms with E-state index in [1.54, 1.807) is 98.8 Å². The number of fused-ring (bicyclic) bond motifs is 1. The van der Waals surface area contributed by atoms with Gasteiger partial charge in [0.25, 0.3) is 0 Å². The van der Waals surface area contributed by atoms with Crippen LogP contribution in [0.25, 0.3) is 10.9 Å². The second-order valence-electron chi connectivity index (χ2n) is 20.0. The van der Waals surface area contributed by atoms with Crippen LogP contribution >= 0.6 is 27.7 Å². The number of nitrogens with two attached hydrogens (primary N) is 1. The third kappa shape index (κ3) is 18.8. The number of carbonyl (C=O) groups excluding carboxylic acids is 5. The maximum Gasteiger partial charge on any atom is 0.419 e. The molecule has 20 heteroatoms. The van der Waals surface area contributed by atoms with E-state index < -0.39 is 71.0 Å². The Balaban J connectivity index is 1.63. The molecular formula is C51H71BrN8O10S. The number of benzene rings is 2. The van der Waals surface area contributed by atoms with Crippen LogP contribution in [0.2, 0.25) is 0 Å². The van der Waals surface area contributed by atoms with Crippen LogP contribution in [0.5, 0.6) is 0 Å². The molecule has 0 saturated heterocycles. The summed E-state index contributed by atoms with van der Waals surface area (Å²) in [4.78, 5) is 87.3. The number of carbonyl (C=O) groups is 6. The number of halogens is 1. The first kappa shape index (κ1) is 57.9. The lowest BCUT2D eigenvalue weighted by molar-refractivity contribution is -0.150. The van der Waals surface area contributed by atoms with E-state index >= 15 is 0 Å². The molecule has 18 nitrogen and oxygen atoms in total. The van der Waals surface area contributed by atoms with Gasteiger partial charge in [-0.05, 0) is 135 Å². The molecule has 2 heterocycles. The number of pyridine rings is 1. The number of rotatable bonds is 22. The van der Waals surface area contributed by atoms with E-state index in [1.807, 2.05) is 24.3 Å². The number of aliphatic carboxylic acids is 1. The molecule has 2 aromatic heterocycles. The zero-order valence-corrected chi connectivity index (χ0v) is 44.9. The van der Waals surface area contributed by atoms with Crippen molar-refractivity contribution in [1.29, 1.82) is 0 Å². The Morgan fingerprint density at radius 1 is 0.789 bits per heavy atom. The van der Waals surface area contributed by atoms with Gasteiger partial charge in [-0.25, -0.2) is 24.2 Å². The Hall–Kier alpha value is -5.70. The van der Waals surface area contributed by atoms with Crippen molar-refractivity contribution in [2.75, 3.05) is 20.1 Å². The van der Waals surface area contributed by atoms with Gasteiger partial charge in [0.15, 0.2) is 0 Å². The summed E-state index contributed by atoms with van der Waals surface area (Å²) in [5, 5.41) is 23.7. The third-order valence-corrected chi connectivity index (χ3v) is 12.5. The summed E-state index contributed by atoms with van der Waals surface area (Å²) < 4.78 is 18.6. The molecule has 0 aliphatic heterocycles. The standard InChI is InChI=1S/C51H71BrN8O10S/c1-49(2,3)68-46(65)55-25-14-13-21-38(44(62)59(10)40(45(63)64)28-33-31-60(48(67)70-51(7,8)9)39-23-12-11-19-34(33)39)58-42(61)37(22-17-27-56-47(66)69-50(4,5)6)57-30-32-18-16-26-54-43(32)71-41-24-15-20-36(52)35(41)29-53/h11-12,15-16,18-20,23-24,26,31,37-38,40,57H,13-14,17,21-22,25,27-30,53H2,1-10H3,(H,55,65)(H,56,66)(H,58,61)(H,63,64). The molecule has 2 aromatic carbocycles. The van der Waals surface area contributed by atoms with Gasteiger partial charge in [0.05, 0.1) is 11.6 Å². The highest BCUT2D eigenvalue weighted by molar-refractivity contribution is 9.10. The Morgan fingerprint density at radius 2 is 1.41 bits per heavy atom. The molecule has 4 amide bonds. The van der Waals surface area contributed by atoms with Gasteiger partial charge in [0, 0.05) is 66.8 Å². The minimum atomic E-state index is -1.42. The lowest BCUT2D eigenvalue weighted by Gasteiger charge is -2.30. The average Bonchev–Trinajstić information content (AvgIpc) is 3.64. The van der Waals surface area contributed by atoms with Crippen LogP contribution in [0.4, 0.5) is 14.4 Å². The van der Waals surface area contributed by atoms with Crippen molar-refractivity contribution in [3.63, 3.8) is 0 Å². The smallest absolute Gasteiger partial charge is 0.419 e. The fourth-order valence-electron chi connectivity index (χ4n) is 7.34. The predicted octanol–water partition coefficient (Wildman–Crippen LogP) is 8.29. The summed E-state index contributed by atoms with van der Waals surface area (Å²) in [6, 6.07) is 12.9. The van der Waals surface area contributed by atoms with Gasteiger partial charge in [-0.1, -0.05) is 58.0 Å². The Morgan fingerprint density at radius 3 is 2.03 bits per heavy atom. The molecule has 3 unspecified atom stereocenters. The van der Waals surface area contributed by atoms with E-state index in [-0.39, 0.29) is 38.9 Å². The summed E-state index contributed by atoms with van der Waals surface area (Å²) in [6.07, 6.45) is 2.55. The van der Waals surface area contributed by atoms with Crippen LogP contribution in [0.3, 0.4) is 0 Å². The van der Waals surface area contributed by atoms with Crippen molar-refractivity contribution in [3.05, 3.63) is 88.2 Å². The molecule has 71 heavy (non-hydrogen) atoms. The number of unbranched alkanes of at least 4 members (excludes halogenated alkanes) is 1. The minimum Gasteiger partial charge on any atom is -0.480 e. The number of nitrogens with one attached hydrogen (secondary N) is 4. The van der Waals surface area contributed by atoms with Gasteiger partial charge in [-0.2, -0.15) is 0 Å². The fourth-order valence-corrected chi connectivity index (χ4v) is 9.05. The Bertz CT molecular complexity index is 2480. The number of para-hydroxylation sites is 1. The molecule has 0 aliphatic carbocycles. The number of carboxylic acids is 1. The molecule has 388 valence electrons. The first-order valence-electron chi connectivity index (χ1n) is 23.6. The molecule has 0 bridgehead atoms. The van der Waals surface area contributed by atoms with Crippen LogP contribution in [0.1, 0.15) is 111 Å². The van der Waals surface area contributed by atoms with Crippen molar-refractivity contribution >= 4 is 74.7 Å². The van der Waals surface area contributed by atoms with Crippen LogP contribution in [0.15, 0.2) is 81.4 Å². The second-order valence-corrected chi connectivity index (χ2v) is 21.9. The number of hydrogen-bond donors (Lipinski definition) is 6. The normalized spacial score (nSPS) is 13.1. The first-order valence-corrected chi connectivity index (χ1v) is 25.3. The van der Waals surface area contributed by atoms with Gasteiger partial charge in [-0.3, -0.25) is 14.2 Å². The van der Waals surface area contributed by atoms with Gasteiger partial charge >= 0.3 is 24.2 Å². The SMILES string of the molecule is CN(C(=O)C(CCCCNC(=O)OC(C)(C)C)NC(=O)C(CCCNC(=O)OC(C)(C)C)NCc1cccnc1Sc1cccc(Br)c1CN)C(Cc1cn(C(=O)OC(C)(C)C)c2ccccc12)C(=O)O. The molecule has 0 fully saturated rings. The van der Waals surface area contributed by atoms with E-state index in [4.69, 9.17) is 19.9 Å². The topological polar surface area (TPSA) is 246 Å². The number of likely N-dealkylation sites (N-methyl/N-ethyl adjacent to an activating group) is 1. The maximum atomic E-state index is 14.7. The second kappa shape index (κ2) is 26.1. The first-order chi connectivity index (χ1) is 33.3. The van der Waals surface area contributed by atoms with Crippen molar-refractivity contribution in [2.24, 2.45) is 5.73 Å². The van der Waals surface area contributed by atoms with Crippen LogP contribution in [-0.2, 0) is 48.1 Å². The van der Waals surface area contributed by atoms with Crippen LogP contribution in [0, 0.1) is 0 Å². The molecule has 0 spiro atoms. The number of nitrogens with zero attached hydrogens (tertiary/aromatic N) is 3. The van der Waals surface area contributed by atoms with Crippen molar-refractivity contribution in [3.8, 4) is 0 Å². The molecule has 0 aliphatic rings. The number of hydrogen-bond acceptors (Lipinski definition) is 13. The van der Waals surface area contributed by atoms with Crippen molar-refractivity contribution in [1.82, 2.24) is 35.7 Å². The summed E-state index contributed by atoms with van der Waals surface area (Å²) in [6.45, 7) is 16.6. The summed E-state index contributed by atoms with van der Waals surface area (Å²) >= 11 is 5.02. The van der Waals surface area contributed by atoms with E-state index in [0.29, 0.717) is 47.3 Å². The lowest BCUT2D eigenvalue weighted by atomic mass is 10.0. The molecular weight excluding hydrogens is 997 g/mol.